The van der Waals surface area contributed by atoms with Gasteiger partial charge in [-0.3, -0.25) is 14.9 Å². The fraction of sp³-hybridized carbons (Fsp3) is 0.222. The summed E-state index contributed by atoms with van der Waals surface area (Å²) >= 11 is 0. The van der Waals surface area contributed by atoms with Crippen LogP contribution in [-0.4, -0.2) is 36.5 Å². The molecule has 1 aliphatic rings. The zero-order chi connectivity index (χ0) is 19.2. The number of hydrogen-bond donors (Lipinski definition) is 0. The van der Waals surface area contributed by atoms with Crippen LogP contribution in [0.4, 0.5) is 5.88 Å². The maximum atomic E-state index is 12.2. The molecule has 27 heavy (non-hydrogen) atoms. The molecule has 0 aliphatic carbocycles. The molecule has 0 bridgehead atoms. The summed E-state index contributed by atoms with van der Waals surface area (Å²) in [5, 5.41) is 10.5. The van der Waals surface area contributed by atoms with E-state index >= 15 is 0 Å². The number of nitro groups is 1. The lowest BCUT2D eigenvalue weighted by atomic mass is 10.1. The fourth-order valence-electron chi connectivity index (χ4n) is 2.28. The Morgan fingerprint density at radius 3 is 2.67 bits per heavy atom. The monoisotopic (exact) mass is 373 g/mol. The second kappa shape index (κ2) is 8.17. The number of fused-ring (bicyclic) bond motifs is 1. The molecule has 0 saturated heterocycles. The summed E-state index contributed by atoms with van der Waals surface area (Å²) in [7, 11) is 0. The Bertz CT molecular complexity index is 899. The Labute approximate surface area is 153 Å². The number of rotatable bonds is 6. The van der Waals surface area contributed by atoms with E-state index in [9.17, 15) is 19.7 Å². The van der Waals surface area contributed by atoms with Gasteiger partial charge in [-0.2, -0.15) is 0 Å². The molecule has 0 spiro atoms. The van der Waals surface area contributed by atoms with Gasteiger partial charge >= 0.3 is 11.9 Å². The number of furan rings is 1. The van der Waals surface area contributed by atoms with Crippen molar-refractivity contribution in [3.63, 3.8) is 0 Å². The van der Waals surface area contributed by atoms with Crippen LogP contribution >= 0.6 is 0 Å². The van der Waals surface area contributed by atoms with Gasteiger partial charge in [0.15, 0.2) is 23.9 Å². The predicted molar refractivity (Wildman–Crippen MR) is 91.7 cm³/mol. The van der Waals surface area contributed by atoms with E-state index in [1.807, 2.05) is 0 Å². The second-order valence-electron chi connectivity index (χ2n) is 5.51. The van der Waals surface area contributed by atoms with E-state index in [1.165, 1.54) is 18.2 Å². The molecule has 9 nitrogen and oxygen atoms in total. The van der Waals surface area contributed by atoms with E-state index < -0.39 is 29.2 Å². The highest BCUT2D eigenvalue weighted by Gasteiger charge is 2.15. The highest BCUT2D eigenvalue weighted by Crippen LogP contribution is 2.30. The molecule has 1 aromatic carbocycles. The molecule has 0 unspecified atom stereocenters. The lowest BCUT2D eigenvalue weighted by Gasteiger charge is -2.08. The number of hydrogen-bond acceptors (Lipinski definition) is 8. The first-order valence-electron chi connectivity index (χ1n) is 8.05. The number of esters is 1. The number of carbonyl (C=O) groups excluding carboxylic acids is 2. The molecular formula is C18H15NO8. The van der Waals surface area contributed by atoms with Crippen LogP contribution in [0.25, 0.3) is 6.08 Å². The molecule has 0 amide bonds. The van der Waals surface area contributed by atoms with Gasteiger partial charge in [0, 0.05) is 18.1 Å². The SMILES string of the molecule is O=C(/C=C/c1ccc([N+](=O)[O-])o1)OCC(=O)c1ccc2c(c1)OCCCO2. The minimum Gasteiger partial charge on any atom is -0.490 e. The molecular weight excluding hydrogens is 358 g/mol. The standard InChI is InChI=1S/C18H15NO8/c20-14(12-2-5-15-16(10-12)25-9-1-8-24-15)11-26-18(21)7-4-13-3-6-17(27-13)19(22)23/h2-7,10H,1,8-9,11H2/b7-4+. The van der Waals surface area contributed by atoms with E-state index in [0.717, 1.165) is 12.5 Å². The number of benzene rings is 1. The van der Waals surface area contributed by atoms with Gasteiger partial charge in [0.25, 0.3) is 0 Å². The molecule has 0 fully saturated rings. The van der Waals surface area contributed by atoms with Crippen molar-refractivity contribution in [3.8, 4) is 11.5 Å². The minimum atomic E-state index is -0.781. The van der Waals surface area contributed by atoms with Gasteiger partial charge in [0.1, 0.15) is 10.7 Å². The molecule has 2 heterocycles. The van der Waals surface area contributed by atoms with Crippen LogP contribution in [0.1, 0.15) is 22.5 Å². The minimum absolute atomic E-state index is 0.118. The van der Waals surface area contributed by atoms with Gasteiger partial charge in [-0.05, 0) is 30.3 Å². The normalized spacial score (nSPS) is 13.2. The molecule has 0 atom stereocenters. The van der Waals surface area contributed by atoms with Crippen LogP contribution in [0, 0.1) is 10.1 Å². The highest BCUT2D eigenvalue weighted by molar-refractivity contribution is 5.99. The maximum absolute atomic E-state index is 12.2. The number of carbonyl (C=O) groups is 2. The first-order chi connectivity index (χ1) is 13.0. The van der Waals surface area contributed by atoms with Crippen LogP contribution in [0.5, 0.6) is 11.5 Å². The largest absolute Gasteiger partial charge is 0.490 e. The number of ketones is 1. The molecule has 3 rings (SSSR count). The third-order valence-electron chi connectivity index (χ3n) is 3.59. The van der Waals surface area contributed by atoms with Crippen molar-refractivity contribution in [1.29, 1.82) is 0 Å². The van der Waals surface area contributed by atoms with Gasteiger partial charge < -0.3 is 18.6 Å². The van der Waals surface area contributed by atoms with Gasteiger partial charge in [-0.15, -0.1) is 0 Å². The van der Waals surface area contributed by atoms with Crippen LogP contribution in [0.3, 0.4) is 0 Å². The molecule has 1 aromatic heterocycles. The molecule has 140 valence electrons. The predicted octanol–water partition coefficient (Wildman–Crippen LogP) is 2.79. The second-order valence-corrected chi connectivity index (χ2v) is 5.51. The van der Waals surface area contributed by atoms with Crippen molar-refractivity contribution >= 4 is 23.7 Å². The van der Waals surface area contributed by atoms with E-state index in [2.05, 4.69) is 0 Å². The summed E-state index contributed by atoms with van der Waals surface area (Å²) in [5.74, 6) is -0.459. The lowest BCUT2D eigenvalue weighted by Crippen LogP contribution is -2.12. The molecule has 1 aliphatic heterocycles. The summed E-state index contributed by atoms with van der Waals surface area (Å²) in [6, 6.07) is 7.26. The highest BCUT2D eigenvalue weighted by atomic mass is 16.6. The Hall–Kier alpha value is -3.62. The topological polar surface area (TPSA) is 118 Å². The number of Topliss-reactive ketones (excluding diaryl/α,β-unsaturated/α-hetero) is 1. The zero-order valence-electron chi connectivity index (χ0n) is 14.1. The third-order valence-corrected chi connectivity index (χ3v) is 3.59. The van der Waals surface area contributed by atoms with E-state index in [4.69, 9.17) is 18.6 Å². The van der Waals surface area contributed by atoms with Crippen molar-refractivity contribution in [2.24, 2.45) is 0 Å². The summed E-state index contributed by atoms with van der Waals surface area (Å²) in [5.41, 5.74) is 0.331. The quantitative estimate of drug-likeness (QED) is 0.249. The van der Waals surface area contributed by atoms with E-state index in [1.54, 1.807) is 18.2 Å². The Kier molecular flexibility index (Phi) is 5.50. The van der Waals surface area contributed by atoms with Crippen molar-refractivity contribution in [1.82, 2.24) is 0 Å². The van der Waals surface area contributed by atoms with Crippen molar-refractivity contribution in [2.75, 3.05) is 19.8 Å². The van der Waals surface area contributed by atoms with Crippen molar-refractivity contribution in [2.45, 2.75) is 6.42 Å². The van der Waals surface area contributed by atoms with Crippen molar-refractivity contribution in [3.05, 3.63) is 57.8 Å². The van der Waals surface area contributed by atoms with E-state index in [-0.39, 0.29) is 5.76 Å². The van der Waals surface area contributed by atoms with Crippen LogP contribution in [0.15, 0.2) is 40.8 Å². The Morgan fingerprint density at radius 2 is 1.93 bits per heavy atom. The molecule has 2 aromatic rings. The van der Waals surface area contributed by atoms with Crippen LogP contribution in [0.2, 0.25) is 0 Å². The zero-order valence-corrected chi connectivity index (χ0v) is 14.1. The Balaban J connectivity index is 1.55. The average molecular weight is 373 g/mol. The smallest absolute Gasteiger partial charge is 0.433 e. The van der Waals surface area contributed by atoms with Gasteiger partial charge in [-0.1, -0.05) is 0 Å². The fourth-order valence-corrected chi connectivity index (χ4v) is 2.28. The number of ether oxygens (including phenoxy) is 3. The number of nitrogens with zero attached hydrogens (tertiary/aromatic N) is 1. The van der Waals surface area contributed by atoms with Crippen LogP contribution < -0.4 is 9.47 Å². The average Bonchev–Trinajstić information content (AvgIpc) is 3.02. The molecule has 0 N–H and O–H groups in total. The Morgan fingerprint density at radius 1 is 1.15 bits per heavy atom. The summed E-state index contributed by atoms with van der Waals surface area (Å²) < 4.78 is 20.8. The molecule has 0 saturated carbocycles. The van der Waals surface area contributed by atoms with Crippen molar-refractivity contribution < 1.29 is 33.1 Å². The molecule has 9 heteroatoms. The summed E-state index contributed by atoms with van der Waals surface area (Å²) in [6.45, 7) is 0.583. The van der Waals surface area contributed by atoms with Crippen LogP contribution in [-0.2, 0) is 9.53 Å². The lowest BCUT2D eigenvalue weighted by molar-refractivity contribution is -0.402. The summed E-state index contributed by atoms with van der Waals surface area (Å²) in [6.07, 6.45) is 2.98. The summed E-state index contributed by atoms with van der Waals surface area (Å²) in [4.78, 5) is 33.7. The van der Waals surface area contributed by atoms with E-state index in [0.29, 0.717) is 30.3 Å². The van der Waals surface area contributed by atoms with Gasteiger partial charge in [0.05, 0.1) is 19.3 Å². The molecule has 0 radical (unpaired) electrons. The third kappa shape index (κ3) is 4.72. The van der Waals surface area contributed by atoms with Gasteiger partial charge in [0.2, 0.25) is 0 Å². The first kappa shape index (κ1) is 18.2. The maximum Gasteiger partial charge on any atom is 0.433 e. The first-order valence-corrected chi connectivity index (χ1v) is 8.05. The van der Waals surface area contributed by atoms with Gasteiger partial charge in [-0.25, -0.2) is 4.79 Å².